The van der Waals surface area contributed by atoms with Crippen LogP contribution in [0.25, 0.3) is 0 Å². The highest BCUT2D eigenvalue weighted by atomic mass is 16.5. The van der Waals surface area contributed by atoms with Crippen molar-refractivity contribution in [2.75, 3.05) is 13.1 Å². The Bertz CT molecular complexity index is 688. The van der Waals surface area contributed by atoms with Gasteiger partial charge in [-0.1, -0.05) is 41.4 Å². The van der Waals surface area contributed by atoms with E-state index in [-0.39, 0.29) is 11.8 Å². The van der Waals surface area contributed by atoms with Crippen LogP contribution in [0.15, 0.2) is 22.7 Å². The zero-order chi connectivity index (χ0) is 16.4. The van der Waals surface area contributed by atoms with Gasteiger partial charge in [-0.05, 0) is 25.8 Å². The highest BCUT2D eigenvalue weighted by Crippen LogP contribution is 2.26. The number of aromatic nitrogens is 2. The minimum Gasteiger partial charge on any atom is -0.342 e. The van der Waals surface area contributed by atoms with Crippen molar-refractivity contribution in [3.8, 4) is 0 Å². The normalized spacial score (nSPS) is 17.7. The molecule has 1 aromatic carbocycles. The van der Waals surface area contributed by atoms with Gasteiger partial charge in [-0.15, -0.1) is 0 Å². The van der Waals surface area contributed by atoms with Crippen LogP contribution in [0.1, 0.15) is 54.1 Å². The molecule has 5 nitrogen and oxygen atoms in total. The third-order valence-electron chi connectivity index (χ3n) is 4.32. The quantitative estimate of drug-likeness (QED) is 0.870. The van der Waals surface area contributed by atoms with Gasteiger partial charge in [0.05, 0.1) is 5.92 Å². The van der Waals surface area contributed by atoms with Gasteiger partial charge in [0.15, 0.2) is 5.82 Å². The summed E-state index contributed by atoms with van der Waals surface area (Å²) in [5.41, 5.74) is 3.69. The molecule has 0 aliphatic carbocycles. The average molecular weight is 313 g/mol. The van der Waals surface area contributed by atoms with Crippen molar-refractivity contribution in [1.82, 2.24) is 15.0 Å². The first-order chi connectivity index (χ1) is 11.0. The van der Waals surface area contributed by atoms with Crippen LogP contribution in [-0.4, -0.2) is 34.0 Å². The second-order valence-corrected chi connectivity index (χ2v) is 6.40. The van der Waals surface area contributed by atoms with Gasteiger partial charge >= 0.3 is 0 Å². The summed E-state index contributed by atoms with van der Waals surface area (Å²) in [6.07, 6.45) is 2.13. The zero-order valence-corrected chi connectivity index (χ0v) is 14.0. The van der Waals surface area contributed by atoms with Gasteiger partial charge in [-0.2, -0.15) is 4.98 Å². The maximum Gasteiger partial charge on any atom is 0.231 e. The number of nitrogens with zero attached hydrogens (tertiary/aromatic N) is 3. The summed E-state index contributed by atoms with van der Waals surface area (Å²) in [6, 6.07) is 6.46. The van der Waals surface area contributed by atoms with Crippen molar-refractivity contribution in [3.05, 3.63) is 46.6 Å². The van der Waals surface area contributed by atoms with Gasteiger partial charge < -0.3 is 9.42 Å². The van der Waals surface area contributed by atoms with E-state index in [4.69, 9.17) is 4.52 Å². The molecule has 1 atom stereocenters. The van der Waals surface area contributed by atoms with Crippen LogP contribution in [0.4, 0.5) is 0 Å². The Morgan fingerprint density at radius 2 is 2.04 bits per heavy atom. The second-order valence-electron chi connectivity index (χ2n) is 6.40. The van der Waals surface area contributed by atoms with Gasteiger partial charge in [-0.3, -0.25) is 4.79 Å². The lowest BCUT2D eigenvalue weighted by Crippen LogP contribution is -2.27. The smallest absolute Gasteiger partial charge is 0.231 e. The Morgan fingerprint density at radius 3 is 2.74 bits per heavy atom. The van der Waals surface area contributed by atoms with E-state index in [2.05, 4.69) is 42.2 Å². The topological polar surface area (TPSA) is 59.2 Å². The standard InChI is InChI=1S/C18H23N3O2/c1-4-17(22)21-6-5-15(11-21)18-19-16(20-23-18)10-14-8-12(2)7-13(3)9-14/h7-9,15H,4-6,10-11H2,1-3H3/t15-/m1/s1. The highest BCUT2D eigenvalue weighted by Gasteiger charge is 2.30. The van der Waals surface area contributed by atoms with Crippen LogP contribution < -0.4 is 0 Å². The Balaban J connectivity index is 1.68. The molecule has 3 rings (SSSR count). The molecule has 1 aliphatic rings. The molecule has 1 fully saturated rings. The minimum absolute atomic E-state index is 0.172. The molecule has 122 valence electrons. The minimum atomic E-state index is 0.172. The van der Waals surface area contributed by atoms with Crippen LogP contribution in [0.2, 0.25) is 0 Å². The molecule has 5 heteroatoms. The van der Waals surface area contributed by atoms with E-state index >= 15 is 0 Å². The van der Waals surface area contributed by atoms with Crippen LogP contribution in [0, 0.1) is 13.8 Å². The first-order valence-corrected chi connectivity index (χ1v) is 8.22. The highest BCUT2D eigenvalue weighted by molar-refractivity contribution is 5.76. The number of rotatable bonds is 4. The second kappa shape index (κ2) is 6.52. The van der Waals surface area contributed by atoms with E-state index in [0.717, 1.165) is 13.0 Å². The molecule has 23 heavy (non-hydrogen) atoms. The van der Waals surface area contributed by atoms with Crippen molar-refractivity contribution < 1.29 is 9.32 Å². The van der Waals surface area contributed by atoms with Crippen molar-refractivity contribution in [3.63, 3.8) is 0 Å². The number of carbonyl (C=O) groups excluding carboxylic acids is 1. The van der Waals surface area contributed by atoms with Crippen LogP contribution >= 0.6 is 0 Å². The Kier molecular flexibility index (Phi) is 4.46. The van der Waals surface area contributed by atoms with E-state index < -0.39 is 0 Å². The molecule has 0 unspecified atom stereocenters. The Hall–Kier alpha value is -2.17. The molecule has 2 heterocycles. The van der Waals surface area contributed by atoms with E-state index in [1.165, 1.54) is 16.7 Å². The molecule has 1 aliphatic heterocycles. The van der Waals surface area contributed by atoms with Crippen LogP contribution in [0.3, 0.4) is 0 Å². The van der Waals surface area contributed by atoms with E-state index in [9.17, 15) is 4.79 Å². The lowest BCUT2D eigenvalue weighted by molar-refractivity contribution is -0.129. The van der Waals surface area contributed by atoms with Crippen molar-refractivity contribution in [2.45, 2.75) is 46.0 Å². The van der Waals surface area contributed by atoms with Crippen molar-refractivity contribution >= 4 is 5.91 Å². The molecule has 1 amide bonds. The molecule has 0 saturated carbocycles. The first kappa shape index (κ1) is 15.7. The van der Waals surface area contributed by atoms with E-state index in [0.29, 0.717) is 31.1 Å². The van der Waals surface area contributed by atoms with Gasteiger partial charge in [0.1, 0.15) is 0 Å². The Morgan fingerprint density at radius 1 is 1.30 bits per heavy atom. The summed E-state index contributed by atoms with van der Waals surface area (Å²) >= 11 is 0. The molecule has 0 radical (unpaired) electrons. The van der Waals surface area contributed by atoms with Gasteiger partial charge in [-0.25, -0.2) is 0 Å². The van der Waals surface area contributed by atoms with Gasteiger partial charge in [0, 0.05) is 25.9 Å². The summed E-state index contributed by atoms with van der Waals surface area (Å²) in [4.78, 5) is 18.2. The zero-order valence-electron chi connectivity index (χ0n) is 14.0. The largest absolute Gasteiger partial charge is 0.342 e. The van der Waals surface area contributed by atoms with E-state index in [1.807, 2.05) is 11.8 Å². The molecular weight excluding hydrogens is 290 g/mol. The summed E-state index contributed by atoms with van der Waals surface area (Å²) in [5, 5.41) is 4.12. The number of likely N-dealkylation sites (tertiary alicyclic amines) is 1. The van der Waals surface area contributed by atoms with Crippen molar-refractivity contribution in [1.29, 1.82) is 0 Å². The number of hydrogen-bond acceptors (Lipinski definition) is 4. The van der Waals surface area contributed by atoms with Crippen LogP contribution in [0.5, 0.6) is 0 Å². The monoisotopic (exact) mass is 313 g/mol. The summed E-state index contributed by atoms with van der Waals surface area (Å²) in [5.74, 6) is 1.74. The molecule has 2 aromatic rings. The molecule has 0 spiro atoms. The number of carbonyl (C=O) groups is 1. The lowest BCUT2D eigenvalue weighted by Gasteiger charge is -2.13. The fraction of sp³-hybridized carbons (Fsp3) is 0.500. The number of hydrogen-bond donors (Lipinski definition) is 0. The average Bonchev–Trinajstić information content (AvgIpc) is 3.14. The molecule has 0 bridgehead atoms. The fourth-order valence-electron chi connectivity index (χ4n) is 3.27. The van der Waals surface area contributed by atoms with Gasteiger partial charge in [0.25, 0.3) is 0 Å². The molecule has 1 aromatic heterocycles. The predicted octanol–water partition coefficient (Wildman–Crippen LogP) is 3.00. The first-order valence-electron chi connectivity index (χ1n) is 8.22. The summed E-state index contributed by atoms with van der Waals surface area (Å²) in [7, 11) is 0. The maximum atomic E-state index is 11.8. The number of aryl methyl sites for hydroxylation is 2. The summed E-state index contributed by atoms with van der Waals surface area (Å²) < 4.78 is 5.44. The molecule has 1 saturated heterocycles. The van der Waals surface area contributed by atoms with Crippen molar-refractivity contribution in [2.24, 2.45) is 0 Å². The molecular formula is C18H23N3O2. The molecule has 0 N–H and O–H groups in total. The van der Waals surface area contributed by atoms with E-state index in [1.54, 1.807) is 0 Å². The predicted molar refractivity (Wildman–Crippen MR) is 87.2 cm³/mol. The number of benzene rings is 1. The van der Waals surface area contributed by atoms with Crippen LogP contribution in [-0.2, 0) is 11.2 Å². The van der Waals surface area contributed by atoms with Gasteiger partial charge in [0.2, 0.25) is 11.8 Å². The SMILES string of the molecule is CCC(=O)N1CC[C@@H](c2nc(Cc3cc(C)cc(C)c3)no2)C1. The summed E-state index contributed by atoms with van der Waals surface area (Å²) in [6.45, 7) is 7.56. The Labute approximate surface area is 136 Å². The third kappa shape index (κ3) is 3.60. The fourth-order valence-corrected chi connectivity index (χ4v) is 3.27. The third-order valence-corrected chi connectivity index (χ3v) is 4.32. The maximum absolute atomic E-state index is 11.8. The lowest BCUT2D eigenvalue weighted by atomic mass is 10.0. The number of amides is 1.